The largest absolute Gasteiger partial charge is 0.350 e. The van der Waals surface area contributed by atoms with Gasteiger partial charge in [0, 0.05) is 12.8 Å². The van der Waals surface area contributed by atoms with E-state index in [2.05, 4.69) is 13.8 Å². The second kappa shape index (κ2) is 18.9. The van der Waals surface area contributed by atoms with E-state index in [1.54, 1.807) is 0 Å². The third-order valence-electron chi connectivity index (χ3n) is 6.37. The van der Waals surface area contributed by atoms with Crippen molar-refractivity contribution in [2.24, 2.45) is 0 Å². The molecule has 3 heteroatoms. The maximum absolute atomic E-state index is 6.22. The predicted octanol–water partition coefficient (Wildman–Crippen LogP) is 9.53. The number of unbranched alkanes of at least 4 members (excludes halogenated alkanes) is 16. The summed E-state index contributed by atoms with van der Waals surface area (Å²) in [5.41, 5.74) is -0.155. The summed E-state index contributed by atoms with van der Waals surface area (Å²) in [7, 11) is 0. The fourth-order valence-corrected chi connectivity index (χ4v) is 4.69. The van der Waals surface area contributed by atoms with Gasteiger partial charge in [-0.1, -0.05) is 128 Å². The molecule has 0 aromatic rings. The molecule has 1 heterocycles. The van der Waals surface area contributed by atoms with Crippen molar-refractivity contribution in [1.82, 2.24) is 0 Å². The number of halogens is 1. The van der Waals surface area contributed by atoms with E-state index in [1.807, 2.05) is 0 Å². The molecule has 29 heavy (non-hydrogen) atoms. The van der Waals surface area contributed by atoms with E-state index in [9.17, 15) is 0 Å². The molecule has 0 aliphatic carbocycles. The fourth-order valence-electron chi connectivity index (χ4n) is 4.42. The molecule has 0 N–H and O–H groups in total. The van der Waals surface area contributed by atoms with Crippen molar-refractivity contribution >= 4 is 11.6 Å². The summed E-state index contributed by atoms with van der Waals surface area (Å²) in [4.78, 5) is 0. The number of rotatable bonds is 21. The van der Waals surface area contributed by atoms with E-state index in [0.29, 0.717) is 0 Å². The second-order valence-corrected chi connectivity index (χ2v) is 9.72. The van der Waals surface area contributed by atoms with Crippen molar-refractivity contribution in [2.45, 2.75) is 160 Å². The zero-order chi connectivity index (χ0) is 21.0. The summed E-state index contributed by atoms with van der Waals surface area (Å²) in [5.74, 6) is -0.379. The Morgan fingerprint density at radius 3 is 1.59 bits per heavy atom. The van der Waals surface area contributed by atoms with Gasteiger partial charge in [-0.2, -0.15) is 0 Å². The maximum Gasteiger partial charge on any atom is 0.170 e. The monoisotopic (exact) mass is 430 g/mol. The molecule has 174 valence electrons. The van der Waals surface area contributed by atoms with Crippen LogP contribution in [0.25, 0.3) is 0 Å². The van der Waals surface area contributed by atoms with Gasteiger partial charge in [-0.15, -0.1) is 0 Å². The lowest BCUT2D eigenvalue weighted by molar-refractivity contribution is -0.221. The Hall–Kier alpha value is 0.210. The standard InChI is InChI=1S/C26H51ClO2/c1-3-5-7-9-10-11-12-13-14-15-16-17-18-19-22-26(23-21-25(27)29-26)28-24-20-8-6-4-2/h25H,3-24H2,1-2H3. The number of hydrogen-bond donors (Lipinski definition) is 0. The molecule has 1 rings (SSSR count). The Morgan fingerprint density at radius 2 is 1.14 bits per heavy atom. The van der Waals surface area contributed by atoms with Crippen LogP contribution in [0.4, 0.5) is 0 Å². The molecule has 1 saturated heterocycles. The highest BCUT2D eigenvalue weighted by molar-refractivity contribution is 6.19. The van der Waals surface area contributed by atoms with Gasteiger partial charge in [0.05, 0.1) is 6.61 Å². The van der Waals surface area contributed by atoms with E-state index < -0.39 is 0 Å². The van der Waals surface area contributed by atoms with Gasteiger partial charge in [-0.05, 0) is 19.3 Å². The van der Waals surface area contributed by atoms with Crippen LogP contribution in [0, 0.1) is 0 Å². The van der Waals surface area contributed by atoms with Crippen LogP contribution < -0.4 is 0 Å². The smallest absolute Gasteiger partial charge is 0.170 e. The minimum Gasteiger partial charge on any atom is -0.350 e. The van der Waals surface area contributed by atoms with Crippen LogP contribution in [0.5, 0.6) is 0 Å². The van der Waals surface area contributed by atoms with E-state index >= 15 is 0 Å². The maximum atomic E-state index is 6.22. The van der Waals surface area contributed by atoms with Gasteiger partial charge >= 0.3 is 0 Å². The summed E-state index contributed by atoms with van der Waals surface area (Å²) in [6.45, 7) is 5.36. The van der Waals surface area contributed by atoms with Crippen molar-refractivity contribution in [3.8, 4) is 0 Å². The average Bonchev–Trinajstić information content (AvgIpc) is 3.09. The van der Waals surface area contributed by atoms with E-state index in [-0.39, 0.29) is 11.4 Å². The minimum absolute atomic E-state index is 0.155. The summed E-state index contributed by atoms with van der Waals surface area (Å²) in [6, 6.07) is 0. The fraction of sp³-hybridized carbons (Fsp3) is 1.00. The van der Waals surface area contributed by atoms with Crippen molar-refractivity contribution in [3.63, 3.8) is 0 Å². The Morgan fingerprint density at radius 1 is 0.690 bits per heavy atom. The molecule has 1 aliphatic heterocycles. The molecule has 0 saturated carbocycles. The van der Waals surface area contributed by atoms with Crippen LogP contribution in [-0.4, -0.2) is 18.0 Å². The van der Waals surface area contributed by atoms with Gasteiger partial charge in [0.1, 0.15) is 5.56 Å². The highest BCUT2D eigenvalue weighted by Gasteiger charge is 2.39. The molecule has 0 aromatic heterocycles. The van der Waals surface area contributed by atoms with Crippen LogP contribution in [0.2, 0.25) is 0 Å². The van der Waals surface area contributed by atoms with Gasteiger partial charge in [0.25, 0.3) is 0 Å². The summed E-state index contributed by atoms with van der Waals surface area (Å²) in [5, 5.41) is 0. The summed E-state index contributed by atoms with van der Waals surface area (Å²) in [6.07, 6.45) is 27.4. The van der Waals surface area contributed by atoms with E-state index in [1.165, 1.54) is 109 Å². The third kappa shape index (κ3) is 14.8. The molecule has 0 amide bonds. The van der Waals surface area contributed by atoms with Gasteiger partial charge < -0.3 is 9.47 Å². The zero-order valence-electron chi connectivity index (χ0n) is 19.8. The van der Waals surface area contributed by atoms with Gasteiger partial charge in [0.2, 0.25) is 0 Å². The first kappa shape index (κ1) is 27.2. The molecule has 1 aliphatic rings. The first-order valence-corrected chi connectivity index (χ1v) is 13.6. The highest BCUT2D eigenvalue weighted by Crippen LogP contribution is 2.37. The molecule has 2 nitrogen and oxygen atoms in total. The van der Waals surface area contributed by atoms with Crippen molar-refractivity contribution < 1.29 is 9.47 Å². The Balaban J connectivity index is 1.95. The zero-order valence-corrected chi connectivity index (χ0v) is 20.6. The Bertz CT molecular complexity index is 350. The lowest BCUT2D eigenvalue weighted by atomic mass is 10.0. The normalized spacial score (nSPS) is 21.8. The molecule has 2 atom stereocenters. The minimum atomic E-state index is -0.379. The number of alkyl halides is 1. The van der Waals surface area contributed by atoms with Crippen molar-refractivity contribution in [2.75, 3.05) is 6.61 Å². The van der Waals surface area contributed by atoms with Crippen molar-refractivity contribution in [3.05, 3.63) is 0 Å². The van der Waals surface area contributed by atoms with Crippen LogP contribution in [0.1, 0.15) is 149 Å². The number of hydrogen-bond acceptors (Lipinski definition) is 2. The molecule has 2 unspecified atom stereocenters. The molecule has 0 aromatic carbocycles. The van der Waals surface area contributed by atoms with Gasteiger partial charge in [0.15, 0.2) is 5.79 Å². The van der Waals surface area contributed by atoms with Crippen LogP contribution in [0.15, 0.2) is 0 Å². The molecule has 1 fully saturated rings. The Labute approximate surface area is 187 Å². The van der Waals surface area contributed by atoms with E-state index in [0.717, 1.165) is 32.3 Å². The van der Waals surface area contributed by atoms with Gasteiger partial charge in [-0.3, -0.25) is 0 Å². The molecule has 0 radical (unpaired) electrons. The molecular formula is C26H51ClO2. The molecule has 0 bridgehead atoms. The molecular weight excluding hydrogens is 380 g/mol. The topological polar surface area (TPSA) is 18.5 Å². The van der Waals surface area contributed by atoms with E-state index in [4.69, 9.17) is 21.1 Å². The predicted molar refractivity (Wildman–Crippen MR) is 128 cm³/mol. The SMILES string of the molecule is CCCCCCCCCCCCCCCCC1(OCCCCCC)CCC(Cl)O1. The third-order valence-corrected chi connectivity index (χ3v) is 6.68. The summed E-state index contributed by atoms with van der Waals surface area (Å²) >= 11 is 6.22. The molecule has 0 spiro atoms. The number of ether oxygens (including phenoxy) is 2. The van der Waals surface area contributed by atoms with Crippen LogP contribution in [0.3, 0.4) is 0 Å². The first-order valence-electron chi connectivity index (χ1n) is 13.2. The van der Waals surface area contributed by atoms with Crippen LogP contribution >= 0.6 is 11.6 Å². The average molecular weight is 431 g/mol. The summed E-state index contributed by atoms with van der Waals surface area (Å²) < 4.78 is 12.2. The Kier molecular flexibility index (Phi) is 17.8. The van der Waals surface area contributed by atoms with Crippen molar-refractivity contribution in [1.29, 1.82) is 0 Å². The lowest BCUT2D eigenvalue weighted by Gasteiger charge is -2.29. The van der Waals surface area contributed by atoms with Crippen LogP contribution in [-0.2, 0) is 9.47 Å². The quantitative estimate of drug-likeness (QED) is 0.133. The second-order valence-electron chi connectivity index (χ2n) is 9.23. The lowest BCUT2D eigenvalue weighted by Crippen LogP contribution is -2.32. The first-order chi connectivity index (χ1) is 14.2. The van der Waals surface area contributed by atoms with Gasteiger partial charge in [-0.25, -0.2) is 0 Å². The highest BCUT2D eigenvalue weighted by atomic mass is 35.5.